The second-order valence-corrected chi connectivity index (χ2v) is 8.27. The lowest BCUT2D eigenvalue weighted by Gasteiger charge is -2.27. The van der Waals surface area contributed by atoms with Gasteiger partial charge in [0.15, 0.2) is 0 Å². The number of benzene rings is 2. The van der Waals surface area contributed by atoms with Crippen molar-refractivity contribution in [3.8, 4) is 6.07 Å². The molecule has 3 N–H and O–H groups in total. The molecule has 0 saturated heterocycles. The first kappa shape index (κ1) is 19.8. The van der Waals surface area contributed by atoms with Gasteiger partial charge in [0, 0.05) is 30.1 Å². The van der Waals surface area contributed by atoms with Crippen LogP contribution in [0.5, 0.6) is 0 Å². The van der Waals surface area contributed by atoms with E-state index in [4.69, 9.17) is 11.0 Å². The summed E-state index contributed by atoms with van der Waals surface area (Å²) in [5.41, 5.74) is 9.15. The smallest absolute Gasteiger partial charge is 0.256 e. The van der Waals surface area contributed by atoms with Gasteiger partial charge in [0.25, 0.3) is 11.8 Å². The van der Waals surface area contributed by atoms with Crippen molar-refractivity contribution in [2.24, 2.45) is 5.73 Å². The van der Waals surface area contributed by atoms with E-state index in [9.17, 15) is 9.59 Å². The van der Waals surface area contributed by atoms with Crippen molar-refractivity contribution in [1.82, 2.24) is 4.90 Å². The van der Waals surface area contributed by atoms with Gasteiger partial charge in [-0.25, -0.2) is 0 Å². The van der Waals surface area contributed by atoms with Crippen LogP contribution in [0.3, 0.4) is 0 Å². The Bertz CT molecular complexity index is 1130. The van der Waals surface area contributed by atoms with Gasteiger partial charge in [-0.15, -0.1) is 11.3 Å². The Morgan fingerprint density at radius 1 is 1.13 bits per heavy atom. The van der Waals surface area contributed by atoms with E-state index in [0.29, 0.717) is 34.7 Å². The van der Waals surface area contributed by atoms with Gasteiger partial charge in [-0.3, -0.25) is 14.5 Å². The summed E-state index contributed by atoms with van der Waals surface area (Å²) in [6.45, 7) is 2.36. The predicted molar refractivity (Wildman–Crippen MR) is 116 cm³/mol. The standard InChI is InChI=1S/C23H20N4O2S/c24-12-15-6-8-17(9-7-15)22(29)26-23-20(21(25)28)18-10-11-27(14-19(18)30-23)13-16-4-2-1-3-5-16/h1-9H,10-11,13-14H2,(H2,25,28)(H,26,29). The van der Waals surface area contributed by atoms with Crippen molar-refractivity contribution in [3.05, 3.63) is 87.3 Å². The molecule has 30 heavy (non-hydrogen) atoms. The lowest BCUT2D eigenvalue weighted by atomic mass is 10.0. The summed E-state index contributed by atoms with van der Waals surface area (Å²) in [5, 5.41) is 12.2. The molecule has 7 heteroatoms. The average Bonchev–Trinajstić information content (AvgIpc) is 3.11. The van der Waals surface area contributed by atoms with Crippen molar-refractivity contribution in [2.75, 3.05) is 11.9 Å². The maximum absolute atomic E-state index is 12.7. The van der Waals surface area contributed by atoms with E-state index in [0.717, 1.165) is 23.5 Å². The number of hydrogen-bond donors (Lipinski definition) is 2. The van der Waals surface area contributed by atoms with Crippen LogP contribution in [0.4, 0.5) is 5.00 Å². The van der Waals surface area contributed by atoms with E-state index in [-0.39, 0.29) is 5.91 Å². The van der Waals surface area contributed by atoms with Crippen molar-refractivity contribution >= 4 is 28.2 Å². The van der Waals surface area contributed by atoms with Crippen LogP contribution in [-0.4, -0.2) is 23.3 Å². The Hall–Kier alpha value is -3.47. The number of rotatable bonds is 5. The van der Waals surface area contributed by atoms with Gasteiger partial charge in [0.2, 0.25) is 0 Å². The fraction of sp³-hybridized carbons (Fsp3) is 0.174. The van der Waals surface area contributed by atoms with Crippen LogP contribution in [0.15, 0.2) is 54.6 Å². The number of amides is 2. The van der Waals surface area contributed by atoms with Gasteiger partial charge in [0.1, 0.15) is 5.00 Å². The van der Waals surface area contributed by atoms with Gasteiger partial charge in [-0.05, 0) is 41.8 Å². The number of carbonyl (C=O) groups is 2. The van der Waals surface area contributed by atoms with Gasteiger partial charge in [0.05, 0.1) is 17.2 Å². The molecule has 0 bridgehead atoms. The maximum atomic E-state index is 12.7. The molecule has 1 aliphatic rings. The van der Waals surface area contributed by atoms with Crippen LogP contribution < -0.4 is 11.1 Å². The summed E-state index contributed by atoms with van der Waals surface area (Å²) in [6, 6.07) is 18.6. The fourth-order valence-corrected chi connectivity index (χ4v) is 4.94. The molecule has 1 aliphatic heterocycles. The first-order valence-electron chi connectivity index (χ1n) is 9.57. The molecule has 0 fully saturated rings. The minimum absolute atomic E-state index is 0.332. The first-order chi connectivity index (χ1) is 14.5. The molecule has 0 radical (unpaired) electrons. The molecule has 2 heterocycles. The highest BCUT2D eigenvalue weighted by molar-refractivity contribution is 7.17. The Morgan fingerprint density at radius 2 is 1.87 bits per heavy atom. The molecule has 150 valence electrons. The van der Waals surface area contributed by atoms with Gasteiger partial charge >= 0.3 is 0 Å². The molecule has 0 atom stereocenters. The number of nitriles is 1. The molecular formula is C23H20N4O2S. The number of nitrogens with zero attached hydrogens (tertiary/aromatic N) is 2. The molecule has 0 spiro atoms. The van der Waals surface area contributed by atoms with Gasteiger partial charge < -0.3 is 11.1 Å². The predicted octanol–water partition coefficient (Wildman–Crippen LogP) is 3.53. The SMILES string of the molecule is N#Cc1ccc(C(=O)Nc2sc3c(c2C(N)=O)CCN(Cc2ccccc2)C3)cc1. The third-order valence-electron chi connectivity index (χ3n) is 5.13. The van der Waals surface area contributed by atoms with Crippen LogP contribution in [0.1, 0.15) is 42.3 Å². The van der Waals surface area contributed by atoms with E-state index < -0.39 is 5.91 Å². The molecule has 0 unspecified atom stereocenters. The highest BCUT2D eigenvalue weighted by Gasteiger charge is 2.28. The number of carbonyl (C=O) groups excluding carboxylic acids is 2. The molecule has 6 nitrogen and oxygen atoms in total. The molecule has 0 aliphatic carbocycles. The maximum Gasteiger partial charge on any atom is 0.256 e. The normalized spacial score (nSPS) is 13.3. The van der Waals surface area contributed by atoms with E-state index in [1.54, 1.807) is 24.3 Å². The summed E-state index contributed by atoms with van der Waals surface area (Å²) in [6.07, 6.45) is 0.712. The summed E-state index contributed by atoms with van der Waals surface area (Å²) >= 11 is 1.41. The summed E-state index contributed by atoms with van der Waals surface area (Å²) in [4.78, 5) is 28.2. The molecule has 4 rings (SSSR count). The second kappa shape index (κ2) is 8.49. The number of thiophene rings is 1. The molecule has 0 saturated carbocycles. The summed E-state index contributed by atoms with van der Waals surface area (Å²) < 4.78 is 0. The third-order valence-corrected chi connectivity index (χ3v) is 6.27. The monoisotopic (exact) mass is 416 g/mol. The zero-order valence-electron chi connectivity index (χ0n) is 16.2. The number of hydrogen-bond acceptors (Lipinski definition) is 5. The number of anilines is 1. The first-order valence-corrected chi connectivity index (χ1v) is 10.4. The number of primary amides is 1. The third kappa shape index (κ3) is 4.10. The zero-order chi connectivity index (χ0) is 21.1. The van der Waals surface area contributed by atoms with Gasteiger partial charge in [-0.2, -0.15) is 5.26 Å². The minimum Gasteiger partial charge on any atom is -0.365 e. The zero-order valence-corrected chi connectivity index (χ0v) is 17.0. The molecule has 2 amide bonds. The van der Waals surface area contributed by atoms with Crippen LogP contribution in [0, 0.1) is 11.3 Å². The molecule has 2 aromatic carbocycles. The quantitative estimate of drug-likeness (QED) is 0.665. The minimum atomic E-state index is -0.529. The highest BCUT2D eigenvalue weighted by atomic mass is 32.1. The lowest BCUT2D eigenvalue weighted by molar-refractivity contribution is 0.0999. The average molecular weight is 417 g/mol. The second-order valence-electron chi connectivity index (χ2n) is 7.16. The van der Waals surface area contributed by atoms with Crippen molar-refractivity contribution in [1.29, 1.82) is 5.26 Å². The number of fused-ring (bicyclic) bond motifs is 1. The van der Waals surface area contributed by atoms with Crippen molar-refractivity contribution < 1.29 is 9.59 Å². The van der Waals surface area contributed by atoms with E-state index in [1.165, 1.54) is 16.9 Å². The lowest BCUT2D eigenvalue weighted by Crippen LogP contribution is -2.30. The van der Waals surface area contributed by atoms with Crippen LogP contribution >= 0.6 is 11.3 Å². The number of nitrogens with two attached hydrogens (primary N) is 1. The van der Waals surface area contributed by atoms with Gasteiger partial charge in [-0.1, -0.05) is 30.3 Å². The van der Waals surface area contributed by atoms with E-state index in [1.807, 2.05) is 24.3 Å². The molecule has 3 aromatic rings. The molecule has 1 aromatic heterocycles. The van der Waals surface area contributed by atoms with Crippen LogP contribution in [0.2, 0.25) is 0 Å². The Labute approximate surface area is 178 Å². The van der Waals surface area contributed by atoms with Crippen LogP contribution in [0.25, 0.3) is 0 Å². The Morgan fingerprint density at radius 3 is 2.53 bits per heavy atom. The Kier molecular flexibility index (Phi) is 5.61. The number of nitrogens with one attached hydrogen (secondary N) is 1. The highest BCUT2D eigenvalue weighted by Crippen LogP contribution is 2.37. The summed E-state index contributed by atoms with van der Waals surface area (Å²) in [7, 11) is 0. The van der Waals surface area contributed by atoms with Crippen molar-refractivity contribution in [2.45, 2.75) is 19.5 Å². The fourth-order valence-electron chi connectivity index (χ4n) is 3.65. The van der Waals surface area contributed by atoms with Crippen molar-refractivity contribution in [3.63, 3.8) is 0 Å². The largest absolute Gasteiger partial charge is 0.365 e. The Balaban J connectivity index is 1.55. The van der Waals surface area contributed by atoms with E-state index in [2.05, 4.69) is 22.3 Å². The molecular weight excluding hydrogens is 396 g/mol. The summed E-state index contributed by atoms with van der Waals surface area (Å²) in [5.74, 6) is -0.860. The topological polar surface area (TPSA) is 99.2 Å². The van der Waals surface area contributed by atoms with E-state index >= 15 is 0 Å². The van der Waals surface area contributed by atoms with Crippen LogP contribution in [-0.2, 0) is 19.5 Å².